The molecule has 0 atom stereocenters. The molecule has 29 heavy (non-hydrogen) atoms. The first-order valence-electron chi connectivity index (χ1n) is 8.73. The maximum Gasteiger partial charge on any atom is 0.255 e. The van der Waals surface area contributed by atoms with Crippen LogP contribution in [0.2, 0.25) is 5.02 Å². The van der Waals surface area contributed by atoms with Gasteiger partial charge in [0, 0.05) is 22.2 Å². The summed E-state index contributed by atoms with van der Waals surface area (Å²) in [6, 6.07) is 15.8. The minimum Gasteiger partial charge on any atom is -0.495 e. The third-order valence-corrected chi connectivity index (χ3v) is 4.57. The molecule has 0 aliphatic carbocycles. The minimum atomic E-state index is -0.288. The van der Waals surface area contributed by atoms with E-state index >= 15 is 0 Å². The van der Waals surface area contributed by atoms with E-state index in [4.69, 9.17) is 21.1 Å². The van der Waals surface area contributed by atoms with Gasteiger partial charge in [-0.2, -0.15) is 0 Å². The first-order chi connectivity index (χ1) is 14.1. The molecule has 0 saturated heterocycles. The van der Waals surface area contributed by atoms with Gasteiger partial charge in [0.15, 0.2) is 5.65 Å². The van der Waals surface area contributed by atoms with Crippen molar-refractivity contribution in [3.63, 3.8) is 0 Å². The third-order valence-electron chi connectivity index (χ3n) is 4.33. The lowest BCUT2D eigenvalue weighted by Gasteiger charge is -2.11. The van der Waals surface area contributed by atoms with E-state index in [0.717, 1.165) is 5.56 Å². The number of nitrogens with one attached hydrogen (secondary N) is 1. The van der Waals surface area contributed by atoms with Gasteiger partial charge < -0.3 is 14.8 Å². The SMILES string of the molecule is COc1ccc2nc(-c3ccc(OC)c(NC(=O)c4cccc(Cl)c4)c3)cn2n1. The molecule has 2 heterocycles. The van der Waals surface area contributed by atoms with Crippen LogP contribution in [0.4, 0.5) is 5.69 Å². The van der Waals surface area contributed by atoms with Crippen molar-refractivity contribution in [1.29, 1.82) is 0 Å². The van der Waals surface area contributed by atoms with Gasteiger partial charge in [-0.15, -0.1) is 5.10 Å². The predicted octanol–water partition coefficient (Wildman–Crippen LogP) is 4.32. The van der Waals surface area contributed by atoms with Gasteiger partial charge in [0.2, 0.25) is 5.88 Å². The number of imidazole rings is 1. The van der Waals surface area contributed by atoms with E-state index in [9.17, 15) is 4.79 Å². The van der Waals surface area contributed by atoms with Crippen LogP contribution in [0.25, 0.3) is 16.9 Å². The molecule has 0 radical (unpaired) electrons. The monoisotopic (exact) mass is 408 g/mol. The van der Waals surface area contributed by atoms with Gasteiger partial charge in [-0.25, -0.2) is 9.50 Å². The maximum atomic E-state index is 12.6. The number of amides is 1. The highest BCUT2D eigenvalue weighted by atomic mass is 35.5. The highest BCUT2D eigenvalue weighted by Crippen LogP contribution is 2.31. The fourth-order valence-electron chi connectivity index (χ4n) is 2.90. The van der Waals surface area contributed by atoms with Crippen molar-refractivity contribution in [3.05, 3.63) is 71.4 Å². The molecule has 1 N–H and O–H groups in total. The number of hydrogen-bond donors (Lipinski definition) is 1. The number of halogens is 1. The Labute approximate surface area is 171 Å². The Kier molecular flexibility index (Phi) is 5.05. The van der Waals surface area contributed by atoms with Crippen LogP contribution in [-0.2, 0) is 0 Å². The molecule has 8 heteroatoms. The first kappa shape index (κ1) is 18.8. The zero-order valence-corrected chi connectivity index (χ0v) is 16.5. The van der Waals surface area contributed by atoms with E-state index in [1.807, 2.05) is 12.1 Å². The van der Waals surface area contributed by atoms with Gasteiger partial charge in [0.1, 0.15) is 5.75 Å². The molecular weight excluding hydrogens is 392 g/mol. The van der Waals surface area contributed by atoms with Crippen LogP contribution in [-0.4, -0.2) is 34.7 Å². The van der Waals surface area contributed by atoms with Crippen LogP contribution >= 0.6 is 11.6 Å². The minimum absolute atomic E-state index is 0.288. The number of aromatic nitrogens is 3. The van der Waals surface area contributed by atoms with Crippen molar-refractivity contribution in [1.82, 2.24) is 14.6 Å². The lowest BCUT2D eigenvalue weighted by Crippen LogP contribution is -2.12. The summed E-state index contributed by atoms with van der Waals surface area (Å²) in [5.41, 5.74) is 3.16. The summed E-state index contributed by atoms with van der Waals surface area (Å²) >= 11 is 5.99. The van der Waals surface area contributed by atoms with E-state index in [1.54, 1.807) is 67.4 Å². The molecule has 7 nitrogen and oxygen atoms in total. The molecule has 0 saturated carbocycles. The number of carbonyl (C=O) groups is 1. The van der Waals surface area contributed by atoms with Crippen molar-refractivity contribution < 1.29 is 14.3 Å². The van der Waals surface area contributed by atoms with Crippen molar-refractivity contribution in [3.8, 4) is 22.9 Å². The Morgan fingerprint density at radius 1 is 1.07 bits per heavy atom. The van der Waals surface area contributed by atoms with Crippen molar-refractivity contribution in [2.45, 2.75) is 0 Å². The number of hydrogen-bond acceptors (Lipinski definition) is 5. The number of carbonyl (C=O) groups excluding carboxylic acids is 1. The molecule has 4 rings (SSSR count). The van der Waals surface area contributed by atoms with Crippen molar-refractivity contribution in [2.24, 2.45) is 0 Å². The molecule has 2 aromatic carbocycles. The summed E-state index contributed by atoms with van der Waals surface area (Å²) in [6.45, 7) is 0. The van der Waals surface area contributed by atoms with Gasteiger partial charge in [0.05, 0.1) is 31.8 Å². The van der Waals surface area contributed by atoms with E-state index in [0.29, 0.717) is 39.2 Å². The smallest absolute Gasteiger partial charge is 0.255 e. The zero-order valence-electron chi connectivity index (χ0n) is 15.7. The maximum absolute atomic E-state index is 12.6. The summed E-state index contributed by atoms with van der Waals surface area (Å²) in [5, 5.41) is 7.68. The largest absolute Gasteiger partial charge is 0.495 e. The number of rotatable bonds is 5. The highest BCUT2D eigenvalue weighted by molar-refractivity contribution is 6.31. The Balaban J connectivity index is 1.69. The molecular formula is C21H17ClN4O3. The Bertz CT molecular complexity index is 1210. The topological polar surface area (TPSA) is 77.8 Å². The normalized spacial score (nSPS) is 10.7. The predicted molar refractivity (Wildman–Crippen MR) is 111 cm³/mol. The number of methoxy groups -OCH3 is 2. The Morgan fingerprint density at radius 2 is 1.93 bits per heavy atom. The summed E-state index contributed by atoms with van der Waals surface area (Å²) in [6.07, 6.45) is 1.79. The van der Waals surface area contributed by atoms with Crippen LogP contribution in [0.5, 0.6) is 11.6 Å². The second-order valence-corrected chi connectivity index (χ2v) is 6.62. The van der Waals surface area contributed by atoms with E-state index in [2.05, 4.69) is 15.4 Å². The zero-order chi connectivity index (χ0) is 20.4. The van der Waals surface area contributed by atoms with Crippen LogP contribution in [0.15, 0.2) is 60.8 Å². The molecule has 0 unspecified atom stereocenters. The quantitative estimate of drug-likeness (QED) is 0.532. The number of benzene rings is 2. The highest BCUT2D eigenvalue weighted by Gasteiger charge is 2.13. The lowest BCUT2D eigenvalue weighted by molar-refractivity contribution is 0.102. The average molecular weight is 409 g/mol. The lowest BCUT2D eigenvalue weighted by atomic mass is 10.1. The number of nitrogens with zero attached hydrogens (tertiary/aromatic N) is 3. The Morgan fingerprint density at radius 3 is 2.69 bits per heavy atom. The van der Waals surface area contributed by atoms with E-state index in [1.165, 1.54) is 0 Å². The standard InChI is InChI=1S/C21H17ClN4O3/c1-28-18-7-6-13(17-12-26-19(23-17)8-9-20(25-26)29-2)11-16(18)24-21(27)14-4-3-5-15(22)10-14/h3-12H,1-2H3,(H,24,27). The van der Waals surface area contributed by atoms with Gasteiger partial charge >= 0.3 is 0 Å². The van der Waals surface area contributed by atoms with Gasteiger partial charge in [0.25, 0.3) is 5.91 Å². The van der Waals surface area contributed by atoms with Gasteiger partial charge in [-0.1, -0.05) is 17.7 Å². The molecule has 146 valence electrons. The second-order valence-electron chi connectivity index (χ2n) is 6.18. The fraction of sp³-hybridized carbons (Fsp3) is 0.0952. The van der Waals surface area contributed by atoms with Crippen LogP contribution in [0.1, 0.15) is 10.4 Å². The average Bonchev–Trinajstić information content (AvgIpc) is 3.17. The number of fused-ring (bicyclic) bond motifs is 1. The van der Waals surface area contributed by atoms with Crippen LogP contribution in [0.3, 0.4) is 0 Å². The van der Waals surface area contributed by atoms with Crippen molar-refractivity contribution in [2.75, 3.05) is 19.5 Å². The molecule has 1 amide bonds. The molecule has 2 aromatic heterocycles. The van der Waals surface area contributed by atoms with Crippen LogP contribution < -0.4 is 14.8 Å². The molecule has 0 fully saturated rings. The number of anilines is 1. The summed E-state index contributed by atoms with van der Waals surface area (Å²) < 4.78 is 12.2. The van der Waals surface area contributed by atoms with Crippen LogP contribution in [0, 0.1) is 0 Å². The summed E-state index contributed by atoms with van der Waals surface area (Å²) in [7, 11) is 3.11. The summed E-state index contributed by atoms with van der Waals surface area (Å²) in [4.78, 5) is 17.2. The Hall–Kier alpha value is -3.58. The second kappa shape index (κ2) is 7.81. The fourth-order valence-corrected chi connectivity index (χ4v) is 3.09. The third kappa shape index (κ3) is 3.86. The summed E-state index contributed by atoms with van der Waals surface area (Å²) in [5.74, 6) is 0.739. The van der Waals surface area contributed by atoms with E-state index < -0.39 is 0 Å². The molecule has 4 aromatic rings. The molecule has 0 spiro atoms. The van der Waals surface area contributed by atoms with Gasteiger partial charge in [-0.05, 0) is 42.5 Å². The molecule has 0 aliphatic heterocycles. The first-order valence-corrected chi connectivity index (χ1v) is 9.11. The van der Waals surface area contributed by atoms with E-state index in [-0.39, 0.29) is 5.91 Å². The molecule has 0 bridgehead atoms. The molecule has 0 aliphatic rings. The van der Waals surface area contributed by atoms with Gasteiger partial charge in [-0.3, -0.25) is 4.79 Å². The van der Waals surface area contributed by atoms with Crippen molar-refractivity contribution >= 4 is 28.8 Å². The number of ether oxygens (including phenoxy) is 2.